The first-order valence-corrected chi connectivity index (χ1v) is 8.06. The molecule has 0 saturated carbocycles. The van der Waals surface area contributed by atoms with E-state index in [1.54, 1.807) is 12.1 Å². The van der Waals surface area contributed by atoms with Crippen LogP contribution < -0.4 is 0 Å². The number of carbonyl (C=O) groups excluding carboxylic acids is 1. The van der Waals surface area contributed by atoms with Crippen LogP contribution in [0.15, 0.2) is 54.6 Å². The molecule has 4 aromatic rings. The third kappa shape index (κ3) is 2.91. The minimum absolute atomic E-state index is 0.0202. The lowest BCUT2D eigenvalue weighted by atomic mass is 10.00. The number of halogens is 3. The van der Waals surface area contributed by atoms with E-state index in [1.165, 1.54) is 0 Å². The van der Waals surface area contributed by atoms with E-state index in [9.17, 15) is 18.0 Å². The zero-order valence-corrected chi connectivity index (χ0v) is 14.1. The van der Waals surface area contributed by atoms with Crippen molar-refractivity contribution in [3.63, 3.8) is 0 Å². The average molecular weight is 370 g/mol. The summed E-state index contributed by atoms with van der Waals surface area (Å²) in [7, 11) is 1.16. The molecule has 4 nitrogen and oxygen atoms in total. The lowest BCUT2D eigenvalue weighted by Gasteiger charge is -2.12. The predicted molar refractivity (Wildman–Crippen MR) is 95.4 cm³/mol. The van der Waals surface area contributed by atoms with E-state index in [2.05, 4.69) is 14.7 Å². The Morgan fingerprint density at radius 2 is 1.78 bits per heavy atom. The number of H-pyrrole nitrogens is 1. The number of hydrogen-bond donors (Lipinski definition) is 1. The van der Waals surface area contributed by atoms with Crippen LogP contribution in [0.3, 0.4) is 0 Å². The van der Waals surface area contributed by atoms with Crippen molar-refractivity contribution < 1.29 is 22.7 Å². The molecule has 27 heavy (non-hydrogen) atoms. The van der Waals surface area contributed by atoms with Crippen LogP contribution in [0.4, 0.5) is 13.2 Å². The number of fused-ring (bicyclic) bond motifs is 2. The second-order valence-electron chi connectivity index (χ2n) is 6.02. The molecule has 0 spiro atoms. The Balaban J connectivity index is 2.03. The van der Waals surface area contributed by atoms with Gasteiger partial charge in [-0.2, -0.15) is 13.2 Å². The summed E-state index contributed by atoms with van der Waals surface area (Å²) in [5.74, 6) is -0.757. The molecule has 0 aliphatic heterocycles. The van der Waals surface area contributed by atoms with Crippen molar-refractivity contribution in [2.24, 2.45) is 0 Å². The van der Waals surface area contributed by atoms with Gasteiger partial charge in [-0.15, -0.1) is 0 Å². The fourth-order valence-corrected chi connectivity index (χ4v) is 3.15. The maximum absolute atomic E-state index is 13.7. The van der Waals surface area contributed by atoms with Crippen molar-refractivity contribution in [1.82, 2.24) is 9.97 Å². The van der Waals surface area contributed by atoms with Gasteiger partial charge >= 0.3 is 12.1 Å². The van der Waals surface area contributed by atoms with E-state index < -0.39 is 17.7 Å². The van der Waals surface area contributed by atoms with Crippen molar-refractivity contribution in [2.75, 3.05) is 7.11 Å². The molecule has 1 N–H and O–H groups in total. The highest BCUT2D eigenvalue weighted by atomic mass is 19.4. The van der Waals surface area contributed by atoms with Gasteiger partial charge in [-0.25, -0.2) is 9.78 Å². The molecule has 2 aromatic carbocycles. The normalized spacial score (nSPS) is 11.9. The Morgan fingerprint density at radius 3 is 2.52 bits per heavy atom. The monoisotopic (exact) mass is 370 g/mol. The molecule has 0 unspecified atom stereocenters. The van der Waals surface area contributed by atoms with Gasteiger partial charge in [0.05, 0.1) is 18.4 Å². The number of aromatic amines is 1. The Hall–Kier alpha value is -3.35. The summed E-state index contributed by atoms with van der Waals surface area (Å²) in [4.78, 5) is 18.7. The van der Waals surface area contributed by atoms with E-state index in [1.807, 2.05) is 30.3 Å². The van der Waals surface area contributed by atoms with Crippen LogP contribution >= 0.6 is 0 Å². The van der Waals surface area contributed by atoms with Crippen LogP contribution in [0.5, 0.6) is 0 Å². The number of pyridine rings is 1. The Kier molecular flexibility index (Phi) is 3.87. The van der Waals surface area contributed by atoms with Gasteiger partial charge in [-0.05, 0) is 22.9 Å². The molecule has 7 heteroatoms. The number of nitrogens with one attached hydrogen (secondary N) is 1. The minimum atomic E-state index is -4.60. The van der Waals surface area contributed by atoms with Crippen molar-refractivity contribution in [1.29, 1.82) is 0 Å². The summed E-state index contributed by atoms with van der Waals surface area (Å²) in [6.45, 7) is 0. The van der Waals surface area contributed by atoms with Gasteiger partial charge in [0.2, 0.25) is 0 Å². The highest BCUT2D eigenvalue weighted by Crippen LogP contribution is 2.38. The summed E-state index contributed by atoms with van der Waals surface area (Å²) >= 11 is 0. The van der Waals surface area contributed by atoms with Crippen molar-refractivity contribution in [2.45, 2.75) is 6.18 Å². The quantitative estimate of drug-likeness (QED) is 0.494. The average Bonchev–Trinajstić information content (AvgIpc) is 3.09. The van der Waals surface area contributed by atoms with E-state index in [0.717, 1.165) is 30.0 Å². The number of esters is 1. The van der Waals surface area contributed by atoms with E-state index >= 15 is 0 Å². The summed E-state index contributed by atoms with van der Waals surface area (Å²) in [5, 5.41) is 1.51. The van der Waals surface area contributed by atoms with Crippen LogP contribution in [-0.2, 0) is 10.9 Å². The third-order valence-electron chi connectivity index (χ3n) is 4.38. The smallest absolute Gasteiger partial charge is 0.417 e. The SMILES string of the molecule is COC(=O)c1cc2c(C(F)(F)F)cc(-c3cccc4ccccc34)nc2[nH]1. The van der Waals surface area contributed by atoms with Gasteiger partial charge in [0, 0.05) is 10.9 Å². The lowest BCUT2D eigenvalue weighted by Crippen LogP contribution is -2.06. The highest BCUT2D eigenvalue weighted by Gasteiger charge is 2.34. The van der Waals surface area contributed by atoms with E-state index in [-0.39, 0.29) is 22.4 Å². The number of ether oxygens (including phenoxy) is 1. The number of rotatable bonds is 2. The molecule has 4 rings (SSSR count). The molecule has 0 aliphatic carbocycles. The van der Waals surface area contributed by atoms with Crippen LogP contribution in [-0.4, -0.2) is 23.0 Å². The van der Waals surface area contributed by atoms with Gasteiger partial charge < -0.3 is 9.72 Å². The first-order chi connectivity index (χ1) is 12.9. The molecule has 0 bridgehead atoms. The zero-order chi connectivity index (χ0) is 19.2. The largest absolute Gasteiger partial charge is 0.464 e. The highest BCUT2D eigenvalue weighted by molar-refractivity contribution is 5.99. The van der Waals surface area contributed by atoms with Crippen LogP contribution in [0.2, 0.25) is 0 Å². The number of benzene rings is 2. The Labute approximate surface area is 151 Å². The molecular weight excluding hydrogens is 357 g/mol. The molecule has 136 valence electrons. The van der Waals surface area contributed by atoms with Crippen molar-refractivity contribution in [3.8, 4) is 11.3 Å². The fourth-order valence-electron chi connectivity index (χ4n) is 3.15. The van der Waals surface area contributed by atoms with Gasteiger partial charge in [0.1, 0.15) is 11.3 Å². The van der Waals surface area contributed by atoms with E-state index in [4.69, 9.17) is 0 Å². The maximum atomic E-state index is 13.7. The summed E-state index contributed by atoms with van der Waals surface area (Å²) in [6, 6.07) is 14.9. The van der Waals surface area contributed by atoms with Crippen molar-refractivity contribution >= 4 is 27.8 Å². The zero-order valence-electron chi connectivity index (χ0n) is 14.1. The van der Waals surface area contributed by atoms with Gasteiger partial charge in [0.15, 0.2) is 0 Å². The maximum Gasteiger partial charge on any atom is 0.417 e. The van der Waals surface area contributed by atoms with Crippen LogP contribution in [0.1, 0.15) is 16.1 Å². The molecule has 0 atom stereocenters. The standard InChI is InChI=1S/C20H13F3N2O2/c1-27-19(26)17-9-14-15(20(21,22)23)10-16(24-18(14)25-17)13-8-4-6-11-5-2-3-7-12(11)13/h2-10H,1H3,(H,24,25). The minimum Gasteiger partial charge on any atom is -0.464 e. The number of alkyl halides is 3. The van der Waals surface area contributed by atoms with Gasteiger partial charge in [0.25, 0.3) is 0 Å². The molecule has 0 radical (unpaired) electrons. The molecule has 2 heterocycles. The predicted octanol–water partition coefficient (Wildman–Crippen LogP) is 5.19. The lowest BCUT2D eigenvalue weighted by molar-refractivity contribution is -0.136. The molecule has 2 aromatic heterocycles. The number of nitrogens with zero attached hydrogens (tertiary/aromatic N) is 1. The first kappa shape index (κ1) is 17.1. The van der Waals surface area contributed by atoms with E-state index in [0.29, 0.717) is 5.56 Å². The Morgan fingerprint density at radius 1 is 1.04 bits per heavy atom. The van der Waals surface area contributed by atoms with Gasteiger partial charge in [-0.3, -0.25) is 0 Å². The fraction of sp³-hybridized carbons (Fsp3) is 0.100. The topological polar surface area (TPSA) is 55.0 Å². The molecule has 0 amide bonds. The van der Waals surface area contributed by atoms with Crippen LogP contribution in [0.25, 0.3) is 33.1 Å². The third-order valence-corrected chi connectivity index (χ3v) is 4.38. The second kappa shape index (κ2) is 6.12. The van der Waals surface area contributed by atoms with Gasteiger partial charge in [-0.1, -0.05) is 42.5 Å². The summed E-state index contributed by atoms with van der Waals surface area (Å²) in [6.07, 6.45) is -4.60. The summed E-state index contributed by atoms with van der Waals surface area (Å²) < 4.78 is 45.6. The number of methoxy groups -OCH3 is 1. The van der Waals surface area contributed by atoms with Crippen LogP contribution in [0, 0.1) is 0 Å². The second-order valence-corrected chi connectivity index (χ2v) is 6.02. The molecule has 0 fully saturated rings. The summed E-state index contributed by atoms with van der Waals surface area (Å²) in [5.41, 5.74) is -0.213. The number of aromatic nitrogens is 2. The molecule has 0 saturated heterocycles. The molecule has 0 aliphatic rings. The Bertz CT molecular complexity index is 1170. The van der Waals surface area contributed by atoms with Crippen molar-refractivity contribution in [3.05, 3.63) is 65.9 Å². The number of carbonyl (C=O) groups is 1. The number of hydrogen-bond acceptors (Lipinski definition) is 3. The first-order valence-electron chi connectivity index (χ1n) is 8.06. The molecular formula is C20H13F3N2O2.